The van der Waals surface area contributed by atoms with Gasteiger partial charge in [-0.3, -0.25) is 9.59 Å². The van der Waals surface area contributed by atoms with E-state index in [0.29, 0.717) is 57.3 Å². The van der Waals surface area contributed by atoms with Gasteiger partial charge in [-0.2, -0.15) is 0 Å². The number of pyridine rings is 1. The van der Waals surface area contributed by atoms with Gasteiger partial charge < -0.3 is 23.9 Å². The maximum absolute atomic E-state index is 12.5. The molecule has 0 aliphatic carbocycles. The summed E-state index contributed by atoms with van der Waals surface area (Å²) in [7, 11) is 0. The number of amides is 2. The summed E-state index contributed by atoms with van der Waals surface area (Å²) >= 11 is 0. The van der Waals surface area contributed by atoms with Gasteiger partial charge in [0.25, 0.3) is 11.8 Å². The number of anilines is 1. The Morgan fingerprint density at radius 1 is 0.893 bits per heavy atom. The summed E-state index contributed by atoms with van der Waals surface area (Å²) in [6, 6.07) is 7.13. The van der Waals surface area contributed by atoms with Crippen LogP contribution in [-0.2, 0) is 4.74 Å². The summed E-state index contributed by atoms with van der Waals surface area (Å²) < 4.78 is 10.5. The fourth-order valence-corrected chi connectivity index (χ4v) is 3.55. The van der Waals surface area contributed by atoms with E-state index in [2.05, 4.69) is 9.88 Å². The van der Waals surface area contributed by atoms with E-state index in [-0.39, 0.29) is 11.8 Å². The Balaban J connectivity index is 1.38. The lowest BCUT2D eigenvalue weighted by Gasteiger charge is -2.27. The first-order chi connectivity index (χ1) is 13.7. The van der Waals surface area contributed by atoms with Gasteiger partial charge in [-0.25, -0.2) is 4.98 Å². The molecule has 0 N–H and O–H groups in total. The Labute approximate surface area is 163 Å². The van der Waals surface area contributed by atoms with Crippen LogP contribution >= 0.6 is 0 Å². The number of furan rings is 1. The predicted molar refractivity (Wildman–Crippen MR) is 102 cm³/mol. The van der Waals surface area contributed by atoms with Gasteiger partial charge in [0.1, 0.15) is 5.82 Å². The average Bonchev–Trinajstić information content (AvgIpc) is 3.18. The van der Waals surface area contributed by atoms with Gasteiger partial charge in [0.05, 0.1) is 25.0 Å². The summed E-state index contributed by atoms with van der Waals surface area (Å²) in [5.41, 5.74) is 0.593. The highest BCUT2D eigenvalue weighted by molar-refractivity contribution is 5.94. The van der Waals surface area contributed by atoms with Gasteiger partial charge in [-0.15, -0.1) is 0 Å². The summed E-state index contributed by atoms with van der Waals surface area (Å²) in [5, 5.41) is 0. The minimum atomic E-state index is -0.0775. The fourth-order valence-electron chi connectivity index (χ4n) is 3.55. The van der Waals surface area contributed by atoms with E-state index in [4.69, 9.17) is 9.15 Å². The number of nitrogens with zero attached hydrogens (tertiary/aromatic N) is 4. The molecule has 2 aliphatic rings. The molecule has 2 aromatic heterocycles. The van der Waals surface area contributed by atoms with Crippen LogP contribution in [0.25, 0.3) is 0 Å². The van der Waals surface area contributed by atoms with Crippen molar-refractivity contribution in [3.8, 4) is 0 Å². The summed E-state index contributed by atoms with van der Waals surface area (Å²) in [6.07, 6.45) is 4.01. The summed E-state index contributed by atoms with van der Waals surface area (Å²) in [5.74, 6) is 1.11. The minimum Gasteiger partial charge on any atom is -0.459 e. The van der Waals surface area contributed by atoms with Gasteiger partial charge in [0.15, 0.2) is 5.76 Å². The van der Waals surface area contributed by atoms with Crippen LogP contribution < -0.4 is 4.90 Å². The highest BCUT2D eigenvalue weighted by Crippen LogP contribution is 2.17. The number of carbonyl (C=O) groups excluding carboxylic acids is 2. The summed E-state index contributed by atoms with van der Waals surface area (Å²) in [4.78, 5) is 35.3. The molecule has 4 heterocycles. The van der Waals surface area contributed by atoms with Crippen LogP contribution in [0.3, 0.4) is 0 Å². The van der Waals surface area contributed by atoms with Crippen molar-refractivity contribution in [3.63, 3.8) is 0 Å². The first-order valence-corrected chi connectivity index (χ1v) is 9.63. The van der Waals surface area contributed by atoms with Crippen molar-refractivity contribution in [3.05, 3.63) is 48.0 Å². The molecule has 2 saturated heterocycles. The number of morpholine rings is 1. The SMILES string of the molecule is O=C(c1ccc(N2CCCN(C(=O)c3ccco3)CC2)nc1)N1CCOCC1. The molecule has 0 radical (unpaired) electrons. The number of aromatic nitrogens is 1. The zero-order valence-corrected chi connectivity index (χ0v) is 15.7. The molecular weight excluding hydrogens is 360 g/mol. The molecular formula is C20H24N4O4. The molecule has 8 heteroatoms. The van der Waals surface area contributed by atoms with Crippen LogP contribution in [0.15, 0.2) is 41.1 Å². The standard InChI is InChI=1S/C20H24N4O4/c25-19(24-10-13-27-14-11-24)16-4-5-18(21-15-16)22-6-2-7-23(9-8-22)20(26)17-3-1-12-28-17/h1,3-5,12,15H,2,6-11,13-14H2. The molecule has 28 heavy (non-hydrogen) atoms. The minimum absolute atomic E-state index is 0.00608. The second-order valence-electron chi connectivity index (χ2n) is 6.92. The third kappa shape index (κ3) is 4.01. The van der Waals surface area contributed by atoms with Gasteiger partial charge >= 0.3 is 0 Å². The van der Waals surface area contributed by atoms with Gasteiger partial charge in [0, 0.05) is 45.5 Å². The van der Waals surface area contributed by atoms with E-state index >= 15 is 0 Å². The Morgan fingerprint density at radius 2 is 1.71 bits per heavy atom. The number of ether oxygens (including phenoxy) is 1. The molecule has 0 atom stereocenters. The van der Waals surface area contributed by atoms with E-state index in [1.807, 2.05) is 17.0 Å². The number of carbonyl (C=O) groups is 2. The van der Waals surface area contributed by atoms with Crippen LogP contribution in [0.4, 0.5) is 5.82 Å². The van der Waals surface area contributed by atoms with Crippen molar-refractivity contribution in [2.75, 3.05) is 57.4 Å². The number of hydrogen-bond donors (Lipinski definition) is 0. The number of rotatable bonds is 3. The molecule has 0 bridgehead atoms. The molecule has 2 fully saturated rings. The Hall–Kier alpha value is -2.87. The van der Waals surface area contributed by atoms with E-state index < -0.39 is 0 Å². The molecule has 2 aliphatic heterocycles. The van der Waals surface area contributed by atoms with Crippen LogP contribution in [-0.4, -0.2) is 79.1 Å². The van der Waals surface area contributed by atoms with Crippen LogP contribution in [0, 0.1) is 0 Å². The van der Waals surface area contributed by atoms with E-state index in [9.17, 15) is 9.59 Å². The lowest BCUT2D eigenvalue weighted by atomic mass is 10.2. The van der Waals surface area contributed by atoms with Crippen molar-refractivity contribution in [2.45, 2.75) is 6.42 Å². The molecule has 4 rings (SSSR count). The highest BCUT2D eigenvalue weighted by Gasteiger charge is 2.23. The van der Waals surface area contributed by atoms with E-state index in [1.54, 1.807) is 23.2 Å². The largest absolute Gasteiger partial charge is 0.459 e. The normalized spacial score (nSPS) is 18.1. The quantitative estimate of drug-likeness (QED) is 0.798. The predicted octanol–water partition coefficient (Wildman–Crippen LogP) is 1.50. The van der Waals surface area contributed by atoms with E-state index in [1.165, 1.54) is 6.26 Å². The first-order valence-electron chi connectivity index (χ1n) is 9.63. The molecule has 0 aromatic carbocycles. The Bertz CT molecular complexity index is 800. The van der Waals surface area contributed by atoms with Gasteiger partial charge in [-0.1, -0.05) is 0 Å². The lowest BCUT2D eigenvalue weighted by Crippen LogP contribution is -2.40. The number of hydrogen-bond acceptors (Lipinski definition) is 6. The van der Waals surface area contributed by atoms with Crippen molar-refractivity contribution < 1.29 is 18.7 Å². The molecule has 0 spiro atoms. The highest BCUT2D eigenvalue weighted by atomic mass is 16.5. The van der Waals surface area contributed by atoms with Crippen molar-refractivity contribution in [2.24, 2.45) is 0 Å². The molecule has 2 aromatic rings. The first kappa shape index (κ1) is 18.5. The maximum atomic E-state index is 12.5. The van der Waals surface area contributed by atoms with Crippen molar-refractivity contribution in [1.82, 2.24) is 14.8 Å². The van der Waals surface area contributed by atoms with Crippen LogP contribution in [0.1, 0.15) is 27.3 Å². The third-order valence-corrected chi connectivity index (χ3v) is 5.13. The van der Waals surface area contributed by atoms with Gasteiger partial charge in [-0.05, 0) is 30.7 Å². The molecule has 8 nitrogen and oxygen atoms in total. The molecule has 0 saturated carbocycles. The van der Waals surface area contributed by atoms with Crippen molar-refractivity contribution in [1.29, 1.82) is 0 Å². The van der Waals surface area contributed by atoms with Gasteiger partial charge in [0.2, 0.25) is 0 Å². The fraction of sp³-hybridized carbons (Fsp3) is 0.450. The third-order valence-electron chi connectivity index (χ3n) is 5.13. The zero-order chi connectivity index (χ0) is 19.3. The molecule has 2 amide bonds. The lowest BCUT2D eigenvalue weighted by molar-refractivity contribution is 0.0302. The molecule has 148 valence electrons. The van der Waals surface area contributed by atoms with E-state index in [0.717, 1.165) is 18.8 Å². The summed E-state index contributed by atoms with van der Waals surface area (Å²) in [6.45, 7) is 5.19. The molecule has 0 unspecified atom stereocenters. The Kier molecular flexibility index (Phi) is 5.57. The maximum Gasteiger partial charge on any atom is 0.289 e. The second-order valence-corrected chi connectivity index (χ2v) is 6.92. The Morgan fingerprint density at radius 3 is 2.43 bits per heavy atom. The van der Waals surface area contributed by atoms with Crippen LogP contribution in [0.2, 0.25) is 0 Å². The van der Waals surface area contributed by atoms with Crippen molar-refractivity contribution >= 4 is 17.6 Å². The smallest absolute Gasteiger partial charge is 0.289 e. The van der Waals surface area contributed by atoms with Crippen LogP contribution in [0.5, 0.6) is 0 Å². The second kappa shape index (κ2) is 8.43. The zero-order valence-electron chi connectivity index (χ0n) is 15.7. The average molecular weight is 384 g/mol. The monoisotopic (exact) mass is 384 g/mol. The topological polar surface area (TPSA) is 79.1 Å².